The largest absolute Gasteiger partial charge is 0.352 e. The summed E-state index contributed by atoms with van der Waals surface area (Å²) in [4.78, 5) is 13.9. The van der Waals surface area contributed by atoms with Crippen molar-refractivity contribution >= 4 is 18.3 Å². The van der Waals surface area contributed by atoms with Crippen LogP contribution in [0, 0.1) is 0 Å². The average Bonchev–Trinajstić information content (AvgIpc) is 2.65. The molecule has 0 aromatic rings. The van der Waals surface area contributed by atoms with Crippen LogP contribution in [0.5, 0.6) is 0 Å². The van der Waals surface area contributed by atoms with Crippen molar-refractivity contribution in [2.24, 2.45) is 5.73 Å². The summed E-state index contributed by atoms with van der Waals surface area (Å²) in [6, 6.07) is 0.694. The van der Waals surface area contributed by atoms with Crippen molar-refractivity contribution in [2.75, 3.05) is 19.6 Å². The Morgan fingerprint density at radius 1 is 1.24 bits per heavy atom. The molecular formula is C12H24ClN3O. The van der Waals surface area contributed by atoms with Gasteiger partial charge < -0.3 is 11.1 Å². The second-order valence-corrected chi connectivity index (χ2v) is 5.19. The van der Waals surface area contributed by atoms with E-state index in [2.05, 4.69) is 10.2 Å². The van der Waals surface area contributed by atoms with Gasteiger partial charge in [0, 0.05) is 25.2 Å². The monoisotopic (exact) mass is 261 g/mol. The van der Waals surface area contributed by atoms with Gasteiger partial charge in [0.1, 0.15) is 0 Å². The molecule has 1 atom stereocenters. The first-order valence-electron chi connectivity index (χ1n) is 6.51. The number of likely N-dealkylation sites (tertiary alicyclic amines) is 1. The van der Waals surface area contributed by atoms with Crippen LogP contribution < -0.4 is 11.1 Å². The Morgan fingerprint density at radius 3 is 2.53 bits per heavy atom. The molecule has 1 heterocycles. The minimum absolute atomic E-state index is 0. The van der Waals surface area contributed by atoms with Crippen molar-refractivity contribution in [3.8, 4) is 0 Å². The molecule has 1 amide bonds. The number of hydrogen-bond acceptors (Lipinski definition) is 3. The molecule has 0 radical (unpaired) electrons. The van der Waals surface area contributed by atoms with E-state index in [1.165, 1.54) is 19.3 Å². The van der Waals surface area contributed by atoms with E-state index in [0.29, 0.717) is 12.6 Å². The maximum atomic E-state index is 11.8. The zero-order valence-electron chi connectivity index (χ0n) is 10.4. The number of amides is 1. The van der Waals surface area contributed by atoms with Crippen LogP contribution in [-0.2, 0) is 4.79 Å². The highest BCUT2D eigenvalue weighted by Crippen LogP contribution is 2.17. The van der Waals surface area contributed by atoms with Gasteiger partial charge in [-0.3, -0.25) is 9.69 Å². The summed E-state index contributed by atoms with van der Waals surface area (Å²) in [7, 11) is 0. The van der Waals surface area contributed by atoms with E-state index in [-0.39, 0.29) is 24.4 Å². The average molecular weight is 262 g/mol. The van der Waals surface area contributed by atoms with Crippen molar-refractivity contribution < 1.29 is 4.79 Å². The predicted octanol–water partition coefficient (Wildman–Crippen LogP) is 0.890. The molecule has 5 heteroatoms. The Morgan fingerprint density at radius 2 is 1.94 bits per heavy atom. The van der Waals surface area contributed by atoms with E-state index in [1.54, 1.807) is 0 Å². The van der Waals surface area contributed by atoms with Crippen molar-refractivity contribution in [3.05, 3.63) is 0 Å². The molecule has 1 aliphatic carbocycles. The van der Waals surface area contributed by atoms with E-state index in [0.717, 1.165) is 32.4 Å². The lowest BCUT2D eigenvalue weighted by molar-refractivity contribution is -0.122. The lowest BCUT2D eigenvalue weighted by Gasteiger charge is -2.24. The summed E-state index contributed by atoms with van der Waals surface area (Å²) < 4.78 is 0. The number of carbonyl (C=O) groups is 1. The molecule has 2 aliphatic rings. The van der Waals surface area contributed by atoms with Crippen LogP contribution in [0.1, 0.15) is 38.5 Å². The summed E-state index contributed by atoms with van der Waals surface area (Å²) in [5, 5.41) is 3.14. The molecule has 0 unspecified atom stereocenters. The first-order valence-corrected chi connectivity index (χ1v) is 6.51. The number of halogens is 1. The number of carbonyl (C=O) groups excluding carboxylic acids is 1. The zero-order chi connectivity index (χ0) is 11.4. The molecule has 3 N–H and O–H groups in total. The Kier molecular flexibility index (Phi) is 6.23. The van der Waals surface area contributed by atoms with Gasteiger partial charge in [0.05, 0.1) is 6.54 Å². The molecule has 4 nitrogen and oxygen atoms in total. The van der Waals surface area contributed by atoms with Crippen LogP contribution in [0.2, 0.25) is 0 Å². The van der Waals surface area contributed by atoms with Gasteiger partial charge in [0.2, 0.25) is 5.91 Å². The molecule has 0 aromatic carbocycles. The fourth-order valence-electron chi connectivity index (χ4n) is 2.73. The van der Waals surface area contributed by atoms with Gasteiger partial charge in [-0.15, -0.1) is 12.4 Å². The molecule has 0 bridgehead atoms. The second kappa shape index (κ2) is 7.19. The Balaban J connectivity index is 0.00000144. The van der Waals surface area contributed by atoms with Gasteiger partial charge in [-0.2, -0.15) is 0 Å². The maximum Gasteiger partial charge on any atom is 0.234 e. The molecule has 1 saturated heterocycles. The lowest BCUT2D eigenvalue weighted by Crippen LogP contribution is -2.42. The fraction of sp³-hybridized carbons (Fsp3) is 0.917. The quantitative estimate of drug-likeness (QED) is 0.793. The smallest absolute Gasteiger partial charge is 0.234 e. The third kappa shape index (κ3) is 4.82. The molecule has 17 heavy (non-hydrogen) atoms. The van der Waals surface area contributed by atoms with Crippen molar-refractivity contribution in [2.45, 2.75) is 50.6 Å². The van der Waals surface area contributed by atoms with E-state index < -0.39 is 0 Å². The molecule has 0 spiro atoms. The predicted molar refractivity (Wildman–Crippen MR) is 71.3 cm³/mol. The highest BCUT2D eigenvalue weighted by Gasteiger charge is 2.22. The van der Waals surface area contributed by atoms with Gasteiger partial charge in [-0.1, -0.05) is 19.3 Å². The zero-order valence-corrected chi connectivity index (χ0v) is 11.2. The number of nitrogens with zero attached hydrogens (tertiary/aromatic N) is 1. The summed E-state index contributed by atoms with van der Waals surface area (Å²) in [6.07, 6.45) is 7.19. The summed E-state index contributed by atoms with van der Waals surface area (Å²) in [5.74, 6) is 0.181. The lowest BCUT2D eigenvalue weighted by atomic mass is 9.95. The molecule has 0 aromatic heterocycles. The normalized spacial score (nSPS) is 26.5. The highest BCUT2D eigenvalue weighted by atomic mass is 35.5. The molecule has 100 valence electrons. The fourth-order valence-corrected chi connectivity index (χ4v) is 2.73. The third-order valence-corrected chi connectivity index (χ3v) is 3.65. The van der Waals surface area contributed by atoms with Crippen molar-refractivity contribution in [3.63, 3.8) is 0 Å². The molecule has 1 aliphatic heterocycles. The number of nitrogens with two attached hydrogens (primary N) is 1. The van der Waals surface area contributed by atoms with Crippen LogP contribution in [-0.4, -0.2) is 42.5 Å². The third-order valence-electron chi connectivity index (χ3n) is 3.65. The van der Waals surface area contributed by atoms with Crippen molar-refractivity contribution in [1.82, 2.24) is 10.2 Å². The Hall–Kier alpha value is -0.320. The first kappa shape index (κ1) is 14.7. The molecular weight excluding hydrogens is 238 g/mol. The summed E-state index contributed by atoms with van der Waals surface area (Å²) >= 11 is 0. The minimum Gasteiger partial charge on any atom is -0.352 e. The molecule has 2 fully saturated rings. The molecule has 2 rings (SSSR count). The number of hydrogen-bond donors (Lipinski definition) is 2. The van der Waals surface area contributed by atoms with Crippen LogP contribution in [0.15, 0.2) is 0 Å². The summed E-state index contributed by atoms with van der Waals surface area (Å²) in [5.41, 5.74) is 5.81. The van der Waals surface area contributed by atoms with Crippen molar-refractivity contribution in [1.29, 1.82) is 0 Å². The van der Waals surface area contributed by atoms with Crippen LogP contribution in [0.4, 0.5) is 0 Å². The maximum absolute atomic E-state index is 11.8. The summed E-state index contributed by atoms with van der Waals surface area (Å²) in [6.45, 7) is 2.38. The van der Waals surface area contributed by atoms with E-state index in [9.17, 15) is 4.79 Å². The Labute approximate surface area is 110 Å². The van der Waals surface area contributed by atoms with E-state index in [1.807, 2.05) is 0 Å². The Bertz CT molecular complexity index is 235. The number of rotatable bonds is 3. The topological polar surface area (TPSA) is 58.4 Å². The van der Waals surface area contributed by atoms with Crippen LogP contribution in [0.3, 0.4) is 0 Å². The van der Waals surface area contributed by atoms with Crippen LogP contribution in [0.25, 0.3) is 0 Å². The minimum atomic E-state index is 0. The van der Waals surface area contributed by atoms with Gasteiger partial charge in [-0.25, -0.2) is 0 Å². The SMILES string of the molecule is Cl.N[C@@H]1CCN(CC(=O)NC2CCCCC2)C1. The second-order valence-electron chi connectivity index (χ2n) is 5.19. The van der Waals surface area contributed by atoms with Crippen LogP contribution >= 0.6 is 12.4 Å². The van der Waals surface area contributed by atoms with E-state index in [4.69, 9.17) is 5.73 Å². The van der Waals surface area contributed by atoms with Gasteiger partial charge in [-0.05, 0) is 19.3 Å². The van der Waals surface area contributed by atoms with Gasteiger partial charge in [0.25, 0.3) is 0 Å². The van der Waals surface area contributed by atoms with Gasteiger partial charge >= 0.3 is 0 Å². The highest BCUT2D eigenvalue weighted by molar-refractivity contribution is 5.85. The van der Waals surface area contributed by atoms with E-state index >= 15 is 0 Å². The number of nitrogens with one attached hydrogen (secondary N) is 1. The van der Waals surface area contributed by atoms with Gasteiger partial charge in [0.15, 0.2) is 0 Å². The first-order chi connectivity index (χ1) is 7.74. The molecule has 1 saturated carbocycles. The standard InChI is InChI=1S/C12H23N3O.ClH/c13-10-6-7-15(8-10)9-12(16)14-11-4-2-1-3-5-11;/h10-11H,1-9,13H2,(H,14,16);1H/t10-;/m1./s1.